The average molecular weight is 278 g/mol. The fourth-order valence-electron chi connectivity index (χ4n) is 2.19. The lowest BCUT2D eigenvalue weighted by Crippen LogP contribution is -2.57. The van der Waals surface area contributed by atoms with Crippen LogP contribution in [0.1, 0.15) is 29.8 Å². The van der Waals surface area contributed by atoms with E-state index in [-0.39, 0.29) is 17.9 Å². The van der Waals surface area contributed by atoms with Crippen molar-refractivity contribution in [1.82, 2.24) is 5.32 Å². The van der Waals surface area contributed by atoms with Gasteiger partial charge in [-0.1, -0.05) is 0 Å². The second-order valence-corrected chi connectivity index (χ2v) is 4.89. The Kier molecular flexibility index (Phi) is 3.57. The third-order valence-corrected chi connectivity index (χ3v) is 3.39. The Morgan fingerprint density at radius 2 is 2.05 bits per heavy atom. The Hall–Kier alpha value is -2.24. The highest BCUT2D eigenvalue weighted by Crippen LogP contribution is 2.27. The van der Waals surface area contributed by atoms with E-state index < -0.39 is 23.7 Å². The first-order valence-electron chi connectivity index (χ1n) is 6.22. The summed E-state index contributed by atoms with van der Waals surface area (Å²) in [5.74, 6) is -1.67. The summed E-state index contributed by atoms with van der Waals surface area (Å²) >= 11 is 0. The molecule has 0 aromatic heterocycles. The zero-order chi connectivity index (χ0) is 15.0. The third kappa shape index (κ3) is 2.41. The minimum atomic E-state index is -0.601. The summed E-state index contributed by atoms with van der Waals surface area (Å²) in [5, 5.41) is 2.22. The van der Waals surface area contributed by atoms with E-state index in [0.717, 1.165) is 6.07 Å². The Balaban J connectivity index is 2.55. The highest BCUT2D eigenvalue weighted by molar-refractivity contribution is 6.07. The van der Waals surface area contributed by atoms with E-state index in [4.69, 9.17) is 0 Å². The maximum absolute atomic E-state index is 13.6. The van der Waals surface area contributed by atoms with Gasteiger partial charge in [-0.05, 0) is 38.5 Å². The lowest BCUT2D eigenvalue weighted by atomic mass is 10.0. The normalized spacial score (nSPS) is 19.0. The molecule has 1 aliphatic rings. The predicted octanol–water partition coefficient (Wildman–Crippen LogP) is 1.19. The molecule has 0 aliphatic carbocycles. The summed E-state index contributed by atoms with van der Waals surface area (Å²) in [4.78, 5) is 36.4. The van der Waals surface area contributed by atoms with E-state index in [9.17, 15) is 18.8 Å². The minimum Gasteiger partial charge on any atom is -0.350 e. The topological polar surface area (TPSA) is 66.5 Å². The predicted molar refractivity (Wildman–Crippen MR) is 71.1 cm³/mol. The van der Waals surface area contributed by atoms with Gasteiger partial charge in [0.1, 0.15) is 11.9 Å². The Morgan fingerprint density at radius 1 is 1.40 bits per heavy atom. The largest absolute Gasteiger partial charge is 0.350 e. The van der Waals surface area contributed by atoms with Gasteiger partial charge in [0, 0.05) is 11.3 Å². The van der Waals surface area contributed by atoms with Gasteiger partial charge in [0.15, 0.2) is 5.78 Å². The Labute approximate surface area is 115 Å². The van der Waals surface area contributed by atoms with Crippen LogP contribution >= 0.6 is 0 Å². The van der Waals surface area contributed by atoms with Gasteiger partial charge in [-0.2, -0.15) is 0 Å². The highest BCUT2D eigenvalue weighted by atomic mass is 19.1. The van der Waals surface area contributed by atoms with E-state index in [1.807, 2.05) is 0 Å². The van der Waals surface area contributed by atoms with Gasteiger partial charge >= 0.3 is 0 Å². The molecule has 1 fully saturated rings. The van der Waals surface area contributed by atoms with E-state index in [1.165, 1.54) is 17.9 Å². The van der Waals surface area contributed by atoms with Gasteiger partial charge in [-0.25, -0.2) is 4.39 Å². The number of anilines is 1. The first-order valence-corrected chi connectivity index (χ1v) is 6.22. The van der Waals surface area contributed by atoms with Gasteiger partial charge in [0.25, 0.3) is 0 Å². The van der Waals surface area contributed by atoms with Crippen molar-refractivity contribution in [2.75, 3.05) is 11.4 Å². The van der Waals surface area contributed by atoms with Gasteiger partial charge in [-0.3, -0.25) is 19.7 Å². The number of nitrogens with zero attached hydrogens (tertiary/aromatic N) is 1. The number of carbonyl (C=O) groups excluding carboxylic acids is 3. The lowest BCUT2D eigenvalue weighted by Gasteiger charge is -2.34. The number of benzene rings is 1. The van der Waals surface area contributed by atoms with Gasteiger partial charge < -0.3 is 4.90 Å². The van der Waals surface area contributed by atoms with Crippen molar-refractivity contribution >= 4 is 23.3 Å². The van der Waals surface area contributed by atoms with Crippen LogP contribution in [0.3, 0.4) is 0 Å². The zero-order valence-electron chi connectivity index (χ0n) is 11.5. The standard InChI is InChI=1S/C14H15FN2O3/c1-7-4-12(10(9(3)18)5-11(7)15)17-6-13(19)16-14(20)8(17)2/h4-5,8H,6H2,1-3H3,(H,16,19,20). The molecule has 1 unspecified atom stereocenters. The number of hydrogen-bond acceptors (Lipinski definition) is 4. The van der Waals surface area contributed by atoms with E-state index in [2.05, 4.69) is 5.32 Å². The number of ketones is 1. The summed E-state index contributed by atoms with van der Waals surface area (Å²) in [6, 6.07) is 2.04. The molecule has 0 saturated carbocycles. The second-order valence-electron chi connectivity index (χ2n) is 4.89. The summed E-state index contributed by atoms with van der Waals surface area (Å²) in [6.45, 7) is 4.48. The van der Waals surface area contributed by atoms with Crippen LogP contribution in [-0.4, -0.2) is 30.2 Å². The van der Waals surface area contributed by atoms with Crippen LogP contribution in [0.2, 0.25) is 0 Å². The van der Waals surface area contributed by atoms with E-state index in [0.29, 0.717) is 11.3 Å². The van der Waals surface area contributed by atoms with Crippen LogP contribution in [0.25, 0.3) is 0 Å². The van der Waals surface area contributed by atoms with Crippen LogP contribution in [0.15, 0.2) is 12.1 Å². The molecule has 1 saturated heterocycles. The molecule has 1 atom stereocenters. The van der Waals surface area contributed by atoms with Crippen LogP contribution < -0.4 is 10.2 Å². The molecule has 0 spiro atoms. The number of amides is 2. The molecule has 1 aromatic carbocycles. The lowest BCUT2D eigenvalue weighted by molar-refractivity contribution is -0.132. The first kappa shape index (κ1) is 14.2. The number of Topliss-reactive ketones (excluding diaryl/α,β-unsaturated/α-hetero) is 1. The fourth-order valence-corrected chi connectivity index (χ4v) is 2.19. The summed E-state index contributed by atoms with van der Waals surface area (Å²) in [7, 11) is 0. The number of rotatable bonds is 2. The van der Waals surface area contributed by atoms with Crippen molar-refractivity contribution < 1.29 is 18.8 Å². The van der Waals surface area contributed by atoms with Crippen molar-refractivity contribution in [3.8, 4) is 0 Å². The molecule has 1 N–H and O–H groups in total. The van der Waals surface area contributed by atoms with E-state index >= 15 is 0 Å². The monoisotopic (exact) mass is 278 g/mol. The van der Waals surface area contributed by atoms with Crippen molar-refractivity contribution in [2.45, 2.75) is 26.8 Å². The number of piperazine rings is 1. The number of aryl methyl sites for hydroxylation is 1. The quantitative estimate of drug-likeness (QED) is 0.652. The molecule has 0 radical (unpaired) electrons. The van der Waals surface area contributed by atoms with Gasteiger partial charge in [-0.15, -0.1) is 0 Å². The maximum Gasteiger partial charge on any atom is 0.249 e. The number of nitrogens with one attached hydrogen (secondary N) is 1. The van der Waals surface area contributed by atoms with Crippen molar-refractivity contribution in [2.24, 2.45) is 0 Å². The van der Waals surface area contributed by atoms with Crippen molar-refractivity contribution in [3.05, 3.63) is 29.1 Å². The Morgan fingerprint density at radius 3 is 2.65 bits per heavy atom. The Bertz CT molecular complexity index is 613. The number of halogens is 1. The maximum atomic E-state index is 13.6. The highest BCUT2D eigenvalue weighted by Gasteiger charge is 2.32. The molecule has 1 aromatic rings. The molecule has 106 valence electrons. The molecular formula is C14H15FN2O3. The summed E-state index contributed by atoms with van der Waals surface area (Å²) in [5.41, 5.74) is 0.935. The molecule has 20 heavy (non-hydrogen) atoms. The van der Waals surface area contributed by atoms with Crippen LogP contribution in [0.5, 0.6) is 0 Å². The molecule has 6 heteroatoms. The van der Waals surface area contributed by atoms with Gasteiger partial charge in [0.05, 0.1) is 6.54 Å². The average Bonchev–Trinajstić information content (AvgIpc) is 2.36. The molecule has 1 aliphatic heterocycles. The molecule has 1 heterocycles. The smallest absolute Gasteiger partial charge is 0.249 e. The summed E-state index contributed by atoms with van der Waals surface area (Å²) < 4.78 is 13.6. The summed E-state index contributed by atoms with van der Waals surface area (Å²) in [6.07, 6.45) is 0. The van der Waals surface area contributed by atoms with Crippen molar-refractivity contribution in [3.63, 3.8) is 0 Å². The zero-order valence-corrected chi connectivity index (χ0v) is 11.5. The third-order valence-electron chi connectivity index (χ3n) is 3.39. The number of carbonyl (C=O) groups is 3. The fraction of sp³-hybridized carbons (Fsp3) is 0.357. The molecule has 2 rings (SSSR count). The molecule has 5 nitrogen and oxygen atoms in total. The molecule has 0 bridgehead atoms. The number of imide groups is 1. The van der Waals surface area contributed by atoms with Crippen molar-refractivity contribution in [1.29, 1.82) is 0 Å². The van der Waals surface area contributed by atoms with Gasteiger partial charge in [0.2, 0.25) is 11.8 Å². The molecule has 2 amide bonds. The first-order chi connectivity index (χ1) is 9.31. The molecular weight excluding hydrogens is 263 g/mol. The van der Waals surface area contributed by atoms with Crippen LogP contribution in [0, 0.1) is 12.7 Å². The minimum absolute atomic E-state index is 0.0434. The SMILES string of the molecule is CC(=O)c1cc(F)c(C)cc1N1CC(=O)NC(=O)C1C. The van der Waals surface area contributed by atoms with Crippen LogP contribution in [-0.2, 0) is 9.59 Å². The second kappa shape index (κ2) is 5.03. The van der Waals surface area contributed by atoms with E-state index in [1.54, 1.807) is 13.8 Å². The van der Waals surface area contributed by atoms with Crippen LogP contribution in [0.4, 0.5) is 10.1 Å². The number of hydrogen-bond donors (Lipinski definition) is 1.